The highest BCUT2D eigenvalue weighted by molar-refractivity contribution is 5.99. The molecule has 0 spiro atoms. The molecule has 1 fully saturated rings. The third-order valence-electron chi connectivity index (χ3n) is 6.42. The maximum atomic E-state index is 13.5. The molecule has 2 aromatic heterocycles. The van der Waals surface area contributed by atoms with Crippen LogP contribution in [0.5, 0.6) is 0 Å². The van der Waals surface area contributed by atoms with Crippen LogP contribution in [0, 0.1) is 6.92 Å². The van der Waals surface area contributed by atoms with Crippen molar-refractivity contribution in [3.05, 3.63) is 77.8 Å². The largest absolute Gasteiger partial charge is 0.451 e. The van der Waals surface area contributed by atoms with E-state index < -0.39 is 0 Å². The first-order chi connectivity index (χ1) is 16.0. The quantitative estimate of drug-likeness (QED) is 0.432. The molecule has 0 aliphatic carbocycles. The topological polar surface area (TPSA) is 62.5 Å². The van der Waals surface area contributed by atoms with Crippen molar-refractivity contribution >= 4 is 22.8 Å². The highest BCUT2D eigenvalue weighted by atomic mass is 16.3. The number of likely N-dealkylation sites (tertiary alicyclic amines) is 1. The number of para-hydroxylation sites is 1. The molecule has 2 aromatic carbocycles. The van der Waals surface area contributed by atoms with E-state index in [1.54, 1.807) is 0 Å². The van der Waals surface area contributed by atoms with Crippen molar-refractivity contribution in [3.8, 4) is 11.1 Å². The number of hydrogen-bond acceptors (Lipinski definition) is 5. The number of aryl methyl sites for hydroxylation is 1. The van der Waals surface area contributed by atoms with Gasteiger partial charge in [-0.15, -0.1) is 0 Å². The maximum Gasteiger partial charge on any atom is 0.289 e. The minimum Gasteiger partial charge on any atom is -0.451 e. The molecule has 0 bridgehead atoms. The normalized spacial score (nSPS) is 16.2. The number of amides is 1. The monoisotopic (exact) mass is 440 g/mol. The molecule has 0 radical (unpaired) electrons. The second-order valence-electron chi connectivity index (χ2n) is 8.87. The molecule has 33 heavy (non-hydrogen) atoms. The number of carbonyl (C=O) groups is 1. The number of piperidine rings is 1. The molecule has 1 aliphatic heterocycles. The minimum absolute atomic E-state index is 0.0449. The average molecular weight is 441 g/mol. The van der Waals surface area contributed by atoms with E-state index in [0.717, 1.165) is 52.7 Å². The molecule has 0 saturated carbocycles. The van der Waals surface area contributed by atoms with Crippen molar-refractivity contribution in [1.29, 1.82) is 0 Å². The molecular formula is C27H28N4O2. The van der Waals surface area contributed by atoms with Gasteiger partial charge in [-0.05, 0) is 31.4 Å². The van der Waals surface area contributed by atoms with Crippen LogP contribution in [0.2, 0.25) is 0 Å². The van der Waals surface area contributed by atoms with Gasteiger partial charge in [0.15, 0.2) is 5.76 Å². The van der Waals surface area contributed by atoms with Crippen molar-refractivity contribution in [2.24, 2.45) is 0 Å². The number of rotatable bonds is 4. The molecular weight excluding hydrogens is 412 g/mol. The van der Waals surface area contributed by atoms with Gasteiger partial charge in [-0.3, -0.25) is 4.79 Å². The Morgan fingerprint density at radius 1 is 1.09 bits per heavy atom. The summed E-state index contributed by atoms with van der Waals surface area (Å²) in [7, 11) is 3.89. The number of carbonyl (C=O) groups excluding carboxylic acids is 1. The van der Waals surface area contributed by atoms with E-state index in [1.807, 2.05) is 79.5 Å². The summed E-state index contributed by atoms with van der Waals surface area (Å²) in [6.45, 7) is 3.29. The molecule has 168 valence electrons. The molecule has 1 atom stereocenters. The van der Waals surface area contributed by atoms with Gasteiger partial charge in [-0.1, -0.05) is 48.5 Å². The van der Waals surface area contributed by atoms with Crippen molar-refractivity contribution in [1.82, 2.24) is 14.9 Å². The molecule has 6 heteroatoms. The lowest BCUT2D eigenvalue weighted by Crippen LogP contribution is -2.39. The lowest BCUT2D eigenvalue weighted by atomic mass is 9.89. The molecule has 0 N–H and O–H groups in total. The number of aromatic nitrogens is 2. The Labute approximate surface area is 193 Å². The Kier molecular flexibility index (Phi) is 5.58. The van der Waals surface area contributed by atoms with Crippen LogP contribution in [0.4, 0.5) is 5.95 Å². The second-order valence-corrected chi connectivity index (χ2v) is 8.87. The Hall–Kier alpha value is -3.67. The number of anilines is 1. The van der Waals surface area contributed by atoms with Crippen LogP contribution >= 0.6 is 0 Å². The summed E-state index contributed by atoms with van der Waals surface area (Å²) >= 11 is 0. The highest BCUT2D eigenvalue weighted by Crippen LogP contribution is 2.35. The Bertz CT molecular complexity index is 1300. The average Bonchev–Trinajstić information content (AvgIpc) is 3.20. The fourth-order valence-electron chi connectivity index (χ4n) is 4.66. The summed E-state index contributed by atoms with van der Waals surface area (Å²) in [5.74, 6) is 1.21. The Morgan fingerprint density at radius 2 is 1.85 bits per heavy atom. The summed E-state index contributed by atoms with van der Waals surface area (Å²) in [4.78, 5) is 26.8. The van der Waals surface area contributed by atoms with Crippen LogP contribution in [-0.4, -0.2) is 48.0 Å². The predicted molar refractivity (Wildman–Crippen MR) is 131 cm³/mol. The van der Waals surface area contributed by atoms with E-state index >= 15 is 0 Å². The molecule has 5 rings (SSSR count). The van der Waals surface area contributed by atoms with Gasteiger partial charge in [-0.25, -0.2) is 9.97 Å². The van der Waals surface area contributed by atoms with Gasteiger partial charge in [0.05, 0.1) is 5.69 Å². The molecule has 0 unspecified atom stereocenters. The van der Waals surface area contributed by atoms with Gasteiger partial charge >= 0.3 is 0 Å². The van der Waals surface area contributed by atoms with Crippen LogP contribution in [0.25, 0.3) is 22.1 Å². The smallest absolute Gasteiger partial charge is 0.289 e. The number of furan rings is 1. The first-order valence-corrected chi connectivity index (χ1v) is 11.4. The van der Waals surface area contributed by atoms with Crippen LogP contribution in [0.1, 0.15) is 40.6 Å². The maximum absolute atomic E-state index is 13.5. The molecule has 1 saturated heterocycles. The predicted octanol–water partition coefficient (Wildman–Crippen LogP) is 5.28. The van der Waals surface area contributed by atoms with Crippen molar-refractivity contribution < 1.29 is 9.21 Å². The van der Waals surface area contributed by atoms with Crippen molar-refractivity contribution in [2.45, 2.75) is 25.7 Å². The van der Waals surface area contributed by atoms with E-state index in [4.69, 9.17) is 9.40 Å². The number of hydrogen-bond donors (Lipinski definition) is 0. The van der Waals surface area contributed by atoms with Gasteiger partial charge in [0, 0.05) is 55.8 Å². The lowest BCUT2D eigenvalue weighted by molar-refractivity contribution is 0.0675. The van der Waals surface area contributed by atoms with Crippen LogP contribution < -0.4 is 4.90 Å². The lowest BCUT2D eigenvalue weighted by Gasteiger charge is -2.33. The van der Waals surface area contributed by atoms with Gasteiger partial charge in [0.25, 0.3) is 5.91 Å². The summed E-state index contributed by atoms with van der Waals surface area (Å²) in [5.41, 5.74) is 4.78. The number of nitrogens with zero attached hydrogens (tertiary/aromatic N) is 4. The van der Waals surface area contributed by atoms with E-state index in [-0.39, 0.29) is 11.8 Å². The first-order valence-electron chi connectivity index (χ1n) is 11.4. The summed E-state index contributed by atoms with van der Waals surface area (Å²) < 4.78 is 5.97. The van der Waals surface area contributed by atoms with Crippen LogP contribution in [0.15, 0.2) is 65.2 Å². The molecule has 1 amide bonds. The molecule has 1 aliphatic rings. The number of fused-ring (bicyclic) bond motifs is 1. The fraction of sp³-hybridized carbons (Fsp3) is 0.296. The third kappa shape index (κ3) is 3.97. The highest BCUT2D eigenvalue weighted by Gasteiger charge is 2.31. The summed E-state index contributed by atoms with van der Waals surface area (Å²) in [6.07, 6.45) is 3.81. The SMILES string of the molecule is Cc1c(C(=O)N2CCC[C@@H](c3nc(N(C)C)ncc3-c3ccccc3)C2)oc2ccccc12. The first kappa shape index (κ1) is 21.2. The van der Waals surface area contributed by atoms with Gasteiger partial charge in [0.1, 0.15) is 5.58 Å². The number of benzene rings is 2. The van der Waals surface area contributed by atoms with Crippen molar-refractivity contribution in [2.75, 3.05) is 32.1 Å². The minimum atomic E-state index is -0.0449. The van der Waals surface area contributed by atoms with E-state index in [0.29, 0.717) is 18.3 Å². The van der Waals surface area contributed by atoms with E-state index in [2.05, 4.69) is 17.1 Å². The van der Waals surface area contributed by atoms with Crippen molar-refractivity contribution in [3.63, 3.8) is 0 Å². The fourth-order valence-corrected chi connectivity index (χ4v) is 4.66. The summed E-state index contributed by atoms with van der Waals surface area (Å²) in [6, 6.07) is 18.0. The third-order valence-corrected chi connectivity index (χ3v) is 6.42. The zero-order valence-corrected chi connectivity index (χ0v) is 19.3. The zero-order chi connectivity index (χ0) is 22.9. The standard InChI is InChI=1S/C27H28N4O2/c1-18-21-13-7-8-14-23(21)33-25(18)26(32)31-15-9-12-20(17-31)24-22(19-10-5-4-6-11-19)16-28-27(29-24)30(2)3/h4-8,10-11,13-14,16,20H,9,12,15,17H2,1-3H3/t20-/m1/s1. The zero-order valence-electron chi connectivity index (χ0n) is 19.3. The van der Waals surface area contributed by atoms with E-state index in [9.17, 15) is 4.79 Å². The Morgan fingerprint density at radius 3 is 2.61 bits per heavy atom. The van der Waals surface area contributed by atoms with Crippen LogP contribution in [-0.2, 0) is 0 Å². The molecule has 6 nitrogen and oxygen atoms in total. The van der Waals surface area contributed by atoms with E-state index in [1.165, 1.54) is 0 Å². The Balaban J connectivity index is 1.49. The molecule has 3 heterocycles. The van der Waals surface area contributed by atoms with Gasteiger partial charge < -0.3 is 14.2 Å². The van der Waals surface area contributed by atoms with Crippen LogP contribution in [0.3, 0.4) is 0 Å². The van der Waals surface area contributed by atoms with Gasteiger partial charge in [-0.2, -0.15) is 0 Å². The molecule has 4 aromatic rings. The second kappa shape index (κ2) is 8.70. The summed E-state index contributed by atoms with van der Waals surface area (Å²) in [5, 5.41) is 0.993. The van der Waals surface area contributed by atoms with Gasteiger partial charge in [0.2, 0.25) is 5.95 Å².